The minimum Gasteiger partial charge on any atom is -0.378 e. The zero-order valence-corrected chi connectivity index (χ0v) is 13.2. The first-order chi connectivity index (χ1) is 10.1. The van der Waals surface area contributed by atoms with Gasteiger partial charge in [0.2, 0.25) is 5.91 Å². The number of aryl methyl sites for hydroxylation is 1. The quantitative estimate of drug-likeness (QED) is 0.910. The fourth-order valence-corrected chi connectivity index (χ4v) is 3.76. The van der Waals surface area contributed by atoms with Crippen LogP contribution in [0.25, 0.3) is 0 Å². The van der Waals surface area contributed by atoms with E-state index in [1.165, 1.54) is 10.4 Å². The minimum absolute atomic E-state index is 0.231. The Morgan fingerprint density at radius 2 is 2.19 bits per heavy atom. The Morgan fingerprint density at radius 3 is 2.86 bits per heavy atom. The maximum atomic E-state index is 11.8. The van der Waals surface area contributed by atoms with Crippen molar-refractivity contribution in [3.8, 4) is 0 Å². The Balaban J connectivity index is 1.77. The molecule has 21 heavy (non-hydrogen) atoms. The molecule has 1 aliphatic heterocycles. The molecule has 4 heteroatoms. The molecule has 0 bridgehead atoms. The third-order valence-corrected chi connectivity index (χ3v) is 5.11. The second-order valence-corrected chi connectivity index (χ2v) is 6.48. The van der Waals surface area contributed by atoms with Crippen molar-refractivity contribution < 1.29 is 4.79 Å². The molecule has 1 amide bonds. The van der Waals surface area contributed by atoms with Crippen molar-refractivity contribution in [1.29, 1.82) is 0 Å². The van der Waals surface area contributed by atoms with Crippen LogP contribution < -0.4 is 10.2 Å². The summed E-state index contributed by atoms with van der Waals surface area (Å²) in [5, 5.41) is 5.66. The van der Waals surface area contributed by atoms with Gasteiger partial charge in [0.25, 0.3) is 0 Å². The van der Waals surface area contributed by atoms with E-state index in [1.54, 1.807) is 11.3 Å². The summed E-state index contributed by atoms with van der Waals surface area (Å²) in [6, 6.07) is 10.6. The standard InChI is InChI=1S/C17H20N2OS/c1-12-8-10-21-17(12)13(2)18-14-5-3-6-15(11-14)19-9-4-7-16(19)20/h3,5-6,8,10-11,13,18H,4,7,9H2,1-2H3. The summed E-state index contributed by atoms with van der Waals surface area (Å²) in [6.07, 6.45) is 1.63. The van der Waals surface area contributed by atoms with Crippen molar-refractivity contribution in [3.05, 3.63) is 46.2 Å². The van der Waals surface area contributed by atoms with Gasteiger partial charge in [-0.05, 0) is 55.5 Å². The van der Waals surface area contributed by atoms with Crippen LogP contribution in [0.15, 0.2) is 35.7 Å². The highest BCUT2D eigenvalue weighted by atomic mass is 32.1. The number of nitrogens with zero attached hydrogens (tertiary/aromatic N) is 1. The Hall–Kier alpha value is -1.81. The normalized spacial score (nSPS) is 16.3. The van der Waals surface area contributed by atoms with E-state index in [9.17, 15) is 4.79 Å². The molecule has 0 aliphatic carbocycles. The van der Waals surface area contributed by atoms with Gasteiger partial charge in [-0.1, -0.05) is 6.07 Å². The van der Waals surface area contributed by atoms with E-state index in [-0.39, 0.29) is 11.9 Å². The number of hydrogen-bond donors (Lipinski definition) is 1. The van der Waals surface area contributed by atoms with Crippen molar-refractivity contribution >= 4 is 28.6 Å². The lowest BCUT2D eigenvalue weighted by Crippen LogP contribution is -2.23. The molecule has 0 spiro atoms. The first-order valence-electron chi connectivity index (χ1n) is 7.36. The minimum atomic E-state index is 0.231. The van der Waals surface area contributed by atoms with Crippen molar-refractivity contribution in [1.82, 2.24) is 0 Å². The number of thiophene rings is 1. The topological polar surface area (TPSA) is 32.3 Å². The highest BCUT2D eigenvalue weighted by molar-refractivity contribution is 7.10. The van der Waals surface area contributed by atoms with Gasteiger partial charge in [0.1, 0.15) is 0 Å². The highest BCUT2D eigenvalue weighted by Gasteiger charge is 2.21. The van der Waals surface area contributed by atoms with Crippen LogP contribution in [0, 0.1) is 6.92 Å². The molecule has 1 aromatic carbocycles. The van der Waals surface area contributed by atoms with Gasteiger partial charge >= 0.3 is 0 Å². The molecule has 110 valence electrons. The number of carbonyl (C=O) groups is 1. The van der Waals surface area contributed by atoms with Crippen molar-refractivity contribution in [2.24, 2.45) is 0 Å². The summed E-state index contributed by atoms with van der Waals surface area (Å²) >= 11 is 1.78. The monoisotopic (exact) mass is 300 g/mol. The lowest BCUT2D eigenvalue weighted by atomic mass is 10.1. The molecule has 1 saturated heterocycles. The van der Waals surface area contributed by atoms with Gasteiger partial charge in [-0.15, -0.1) is 11.3 Å². The maximum Gasteiger partial charge on any atom is 0.227 e. The molecule has 2 heterocycles. The van der Waals surface area contributed by atoms with Gasteiger partial charge in [0, 0.05) is 29.2 Å². The van der Waals surface area contributed by atoms with Gasteiger partial charge < -0.3 is 10.2 Å². The third-order valence-electron chi connectivity index (χ3n) is 3.91. The predicted molar refractivity (Wildman–Crippen MR) is 89.1 cm³/mol. The number of carbonyl (C=O) groups excluding carboxylic acids is 1. The van der Waals surface area contributed by atoms with Gasteiger partial charge in [-0.3, -0.25) is 4.79 Å². The smallest absolute Gasteiger partial charge is 0.227 e. The van der Waals surface area contributed by atoms with Crippen LogP contribution in [0.1, 0.15) is 36.2 Å². The molecule has 1 aromatic heterocycles. The van der Waals surface area contributed by atoms with Gasteiger partial charge in [0.15, 0.2) is 0 Å². The van der Waals surface area contributed by atoms with E-state index < -0.39 is 0 Å². The highest BCUT2D eigenvalue weighted by Crippen LogP contribution is 2.29. The van der Waals surface area contributed by atoms with E-state index in [2.05, 4.69) is 42.7 Å². The Bertz CT molecular complexity index is 650. The van der Waals surface area contributed by atoms with Crippen LogP contribution >= 0.6 is 11.3 Å². The molecule has 0 radical (unpaired) electrons. The summed E-state index contributed by atoms with van der Waals surface area (Å²) < 4.78 is 0. The van der Waals surface area contributed by atoms with Gasteiger partial charge in [0.05, 0.1) is 6.04 Å². The van der Waals surface area contributed by atoms with E-state index in [4.69, 9.17) is 0 Å². The van der Waals surface area contributed by atoms with Crippen LogP contribution in [-0.4, -0.2) is 12.5 Å². The molecule has 1 atom stereocenters. The van der Waals surface area contributed by atoms with Crippen molar-refractivity contribution in [2.75, 3.05) is 16.8 Å². The molecule has 2 aromatic rings. The number of nitrogens with one attached hydrogen (secondary N) is 1. The average Bonchev–Trinajstić information content (AvgIpc) is 3.07. The zero-order valence-electron chi connectivity index (χ0n) is 12.4. The van der Waals surface area contributed by atoms with E-state index in [0.29, 0.717) is 6.42 Å². The van der Waals surface area contributed by atoms with E-state index in [1.807, 2.05) is 17.0 Å². The third kappa shape index (κ3) is 2.95. The maximum absolute atomic E-state index is 11.8. The van der Waals surface area contributed by atoms with Crippen molar-refractivity contribution in [2.45, 2.75) is 32.7 Å². The summed E-state index contributed by atoms with van der Waals surface area (Å²) in [6.45, 7) is 5.15. The number of hydrogen-bond acceptors (Lipinski definition) is 3. The molecule has 1 unspecified atom stereocenters. The molecule has 3 nitrogen and oxygen atoms in total. The van der Waals surface area contributed by atoms with E-state index >= 15 is 0 Å². The first kappa shape index (κ1) is 14.1. The summed E-state index contributed by atoms with van der Waals surface area (Å²) in [7, 11) is 0. The van der Waals surface area contributed by atoms with Crippen LogP contribution in [0.3, 0.4) is 0 Å². The van der Waals surface area contributed by atoms with Gasteiger partial charge in [-0.2, -0.15) is 0 Å². The second kappa shape index (κ2) is 5.90. The first-order valence-corrected chi connectivity index (χ1v) is 8.24. The van der Waals surface area contributed by atoms with Crippen LogP contribution in [0.2, 0.25) is 0 Å². The zero-order chi connectivity index (χ0) is 14.8. The predicted octanol–water partition coefficient (Wildman–Crippen LogP) is 4.36. The van der Waals surface area contributed by atoms with Gasteiger partial charge in [-0.25, -0.2) is 0 Å². The summed E-state index contributed by atoms with van der Waals surface area (Å²) in [5.74, 6) is 0.231. The number of anilines is 2. The fraction of sp³-hybridized carbons (Fsp3) is 0.353. The SMILES string of the molecule is Cc1ccsc1C(C)Nc1cccc(N2CCCC2=O)c1. The summed E-state index contributed by atoms with van der Waals surface area (Å²) in [4.78, 5) is 15.1. The number of amides is 1. The Morgan fingerprint density at radius 1 is 1.33 bits per heavy atom. The molecular formula is C17H20N2OS. The Labute approximate surface area is 129 Å². The molecular weight excluding hydrogens is 280 g/mol. The fourth-order valence-electron chi connectivity index (χ4n) is 2.83. The summed E-state index contributed by atoms with van der Waals surface area (Å²) in [5.41, 5.74) is 3.39. The van der Waals surface area contributed by atoms with E-state index in [0.717, 1.165) is 24.3 Å². The molecule has 1 N–H and O–H groups in total. The lowest BCUT2D eigenvalue weighted by molar-refractivity contribution is -0.117. The van der Waals surface area contributed by atoms with Crippen LogP contribution in [0.5, 0.6) is 0 Å². The molecule has 1 aliphatic rings. The second-order valence-electron chi connectivity index (χ2n) is 5.53. The molecule has 0 saturated carbocycles. The van der Waals surface area contributed by atoms with Crippen LogP contribution in [-0.2, 0) is 4.79 Å². The average molecular weight is 300 g/mol. The molecule has 1 fully saturated rings. The molecule has 3 rings (SSSR count). The lowest BCUT2D eigenvalue weighted by Gasteiger charge is -2.19. The number of benzene rings is 1. The van der Waals surface area contributed by atoms with Crippen molar-refractivity contribution in [3.63, 3.8) is 0 Å². The number of rotatable bonds is 4. The van der Waals surface area contributed by atoms with Crippen LogP contribution in [0.4, 0.5) is 11.4 Å². The largest absolute Gasteiger partial charge is 0.378 e. The Kier molecular flexibility index (Phi) is 3.97.